The van der Waals surface area contributed by atoms with Gasteiger partial charge in [0.2, 0.25) is 0 Å². The molecule has 0 aromatic heterocycles. The number of carbonyl (C=O) groups excluding carboxylic acids is 2. The minimum atomic E-state index is -5.65. The van der Waals surface area contributed by atoms with E-state index in [4.69, 9.17) is 27.9 Å². The maximum Gasteiger partial charge on any atom is 0.490 e. The molecular formula is C30H30Cl2F5N3O4. The molecule has 1 amide bonds. The summed E-state index contributed by atoms with van der Waals surface area (Å²) in [6.07, 6.45) is -2.46. The lowest BCUT2D eigenvalue weighted by atomic mass is 9.86. The lowest BCUT2D eigenvalue weighted by Crippen LogP contribution is -2.57. The average molecular weight is 662 g/mol. The number of rotatable bonds is 8. The minimum Gasteiger partial charge on any atom is -0.469 e. The molecule has 2 unspecified atom stereocenters. The summed E-state index contributed by atoms with van der Waals surface area (Å²) in [7, 11) is 0. The van der Waals surface area contributed by atoms with Crippen LogP contribution in [0.5, 0.6) is 5.75 Å². The fraction of sp³-hybridized carbons (Fsp3) is 0.500. The molecule has 0 spiro atoms. The van der Waals surface area contributed by atoms with Crippen molar-refractivity contribution in [3.8, 4) is 16.9 Å². The van der Waals surface area contributed by atoms with Crippen LogP contribution in [0.4, 0.5) is 22.0 Å². The number of likely N-dealkylation sites (tertiary alicyclic amines) is 1. The molecule has 1 saturated carbocycles. The Hall–Kier alpha value is -3.12. The van der Waals surface area contributed by atoms with Gasteiger partial charge in [0.05, 0.1) is 28.5 Å². The van der Waals surface area contributed by atoms with Crippen LogP contribution in [-0.4, -0.2) is 71.7 Å². The molecule has 238 valence electrons. The number of alkyl halides is 5. The van der Waals surface area contributed by atoms with E-state index >= 15 is 8.78 Å². The van der Waals surface area contributed by atoms with E-state index in [0.717, 1.165) is 30.2 Å². The summed E-state index contributed by atoms with van der Waals surface area (Å²) in [5.41, 5.74) is -4.00. The van der Waals surface area contributed by atoms with Gasteiger partial charge in [0, 0.05) is 31.1 Å². The lowest BCUT2D eigenvalue weighted by molar-refractivity contribution is -0.243. The third kappa shape index (κ3) is 5.82. The highest BCUT2D eigenvalue weighted by Crippen LogP contribution is 2.56. The molecule has 2 heterocycles. The number of ether oxygens (including phenoxy) is 2. The summed E-state index contributed by atoms with van der Waals surface area (Å²) in [6.45, 7) is 2.28. The molecule has 1 saturated heterocycles. The molecule has 14 heteroatoms. The Bertz CT molecular complexity index is 1440. The van der Waals surface area contributed by atoms with Gasteiger partial charge in [-0.3, -0.25) is 9.79 Å². The van der Waals surface area contributed by atoms with E-state index in [1.165, 1.54) is 6.34 Å². The number of carbonyl (C=O) groups is 2. The SMILES string of the molecule is CC(Oc1c(-c2ccccc2)cc(Cl)c(C(F)(F)C2(OC(=O)C(F)(F)F)CCN(C3CCCCC3)C2=O)c1Cl)N1C=NCC1. The fourth-order valence-corrected chi connectivity index (χ4v) is 6.81. The van der Waals surface area contributed by atoms with Crippen LogP contribution in [0.15, 0.2) is 41.4 Å². The molecule has 2 fully saturated rings. The Morgan fingerprint density at radius 1 is 1.07 bits per heavy atom. The van der Waals surface area contributed by atoms with Crippen LogP contribution < -0.4 is 4.74 Å². The van der Waals surface area contributed by atoms with Crippen LogP contribution in [0.2, 0.25) is 10.0 Å². The van der Waals surface area contributed by atoms with Gasteiger partial charge in [0.15, 0.2) is 6.23 Å². The fourth-order valence-electron chi connectivity index (χ4n) is 6.07. The highest BCUT2D eigenvalue weighted by molar-refractivity contribution is 6.38. The van der Waals surface area contributed by atoms with Crippen molar-refractivity contribution in [2.75, 3.05) is 19.6 Å². The number of nitrogens with zero attached hydrogens (tertiary/aromatic N) is 3. The van der Waals surface area contributed by atoms with Crippen LogP contribution in [0.25, 0.3) is 11.1 Å². The summed E-state index contributed by atoms with van der Waals surface area (Å²) >= 11 is 13.1. The van der Waals surface area contributed by atoms with Gasteiger partial charge >= 0.3 is 18.1 Å². The van der Waals surface area contributed by atoms with E-state index in [-0.39, 0.29) is 17.9 Å². The Morgan fingerprint density at radius 3 is 2.36 bits per heavy atom. The van der Waals surface area contributed by atoms with E-state index in [0.29, 0.717) is 31.5 Å². The predicted octanol–water partition coefficient (Wildman–Crippen LogP) is 7.23. The van der Waals surface area contributed by atoms with Crippen molar-refractivity contribution in [2.45, 2.75) is 75.4 Å². The first-order valence-corrected chi connectivity index (χ1v) is 15.0. The molecular weight excluding hydrogens is 632 g/mol. The van der Waals surface area contributed by atoms with Gasteiger partial charge in [-0.1, -0.05) is 72.8 Å². The second-order valence-electron chi connectivity index (χ2n) is 11.1. The zero-order valence-electron chi connectivity index (χ0n) is 23.7. The molecule has 1 aliphatic carbocycles. The summed E-state index contributed by atoms with van der Waals surface area (Å²) in [5, 5.41) is -1.37. The van der Waals surface area contributed by atoms with Gasteiger partial charge in [-0.25, -0.2) is 4.79 Å². The van der Waals surface area contributed by atoms with Gasteiger partial charge in [0.25, 0.3) is 11.5 Å². The number of amides is 1. The van der Waals surface area contributed by atoms with Crippen LogP contribution in [0, 0.1) is 0 Å². The molecule has 2 aromatic carbocycles. The van der Waals surface area contributed by atoms with Gasteiger partial charge in [-0.15, -0.1) is 0 Å². The van der Waals surface area contributed by atoms with Crippen molar-refractivity contribution in [3.05, 3.63) is 52.0 Å². The first kappa shape index (κ1) is 32.3. The molecule has 7 nitrogen and oxygen atoms in total. The third-order valence-corrected chi connectivity index (χ3v) is 9.04. The number of aliphatic imine (C=N–C) groups is 1. The van der Waals surface area contributed by atoms with Crippen LogP contribution >= 0.6 is 23.2 Å². The molecule has 5 rings (SSSR count). The molecule has 0 bridgehead atoms. The third-order valence-electron chi connectivity index (χ3n) is 8.38. The maximum absolute atomic E-state index is 17.0. The number of hydrogen-bond acceptors (Lipinski definition) is 6. The molecule has 44 heavy (non-hydrogen) atoms. The average Bonchev–Trinajstić information content (AvgIpc) is 3.64. The number of benzene rings is 2. The Balaban J connectivity index is 1.65. The standard InChI is InChI=1S/C30H30Cl2F5N3O4/c1-18(39-15-13-38-17-39)43-25-21(19-8-4-2-5-9-19)16-22(31)23(24(25)32)29(33,34)28(44-27(42)30(35,36)37)12-14-40(26(28)41)20-10-6-3-7-11-20/h2,4-5,8-9,16-18,20H,3,6-7,10-15H2,1H3. The summed E-state index contributed by atoms with van der Waals surface area (Å²) in [6, 6.07) is 9.15. The van der Waals surface area contributed by atoms with Crippen molar-refractivity contribution in [3.63, 3.8) is 0 Å². The zero-order valence-corrected chi connectivity index (χ0v) is 25.2. The van der Waals surface area contributed by atoms with E-state index in [1.807, 2.05) is 0 Å². The molecule has 2 aromatic rings. The first-order chi connectivity index (χ1) is 20.8. The predicted molar refractivity (Wildman–Crippen MR) is 154 cm³/mol. The molecule has 3 aliphatic rings. The Kier molecular flexibility index (Phi) is 9.06. The number of halogens is 7. The van der Waals surface area contributed by atoms with Crippen LogP contribution in [0.1, 0.15) is 51.0 Å². The summed E-state index contributed by atoms with van der Waals surface area (Å²) in [5.74, 6) is -9.18. The Labute approximate surface area is 260 Å². The monoisotopic (exact) mass is 661 g/mol. The summed E-state index contributed by atoms with van der Waals surface area (Å²) < 4.78 is 85.0. The van der Waals surface area contributed by atoms with Crippen molar-refractivity contribution in [2.24, 2.45) is 4.99 Å². The second-order valence-corrected chi connectivity index (χ2v) is 11.9. The zero-order chi connectivity index (χ0) is 31.9. The van der Waals surface area contributed by atoms with Gasteiger partial charge in [-0.2, -0.15) is 22.0 Å². The van der Waals surface area contributed by atoms with E-state index in [9.17, 15) is 22.8 Å². The van der Waals surface area contributed by atoms with Gasteiger partial charge < -0.3 is 19.3 Å². The minimum absolute atomic E-state index is 0.228. The van der Waals surface area contributed by atoms with Crippen LogP contribution in [-0.2, 0) is 20.2 Å². The molecule has 0 N–H and O–H groups in total. The maximum atomic E-state index is 17.0. The number of hydrogen-bond donors (Lipinski definition) is 0. The van der Waals surface area contributed by atoms with Crippen molar-refractivity contribution >= 4 is 41.4 Å². The molecule has 0 radical (unpaired) electrons. The highest BCUT2D eigenvalue weighted by atomic mass is 35.5. The number of esters is 1. The normalized spacial score (nSPS) is 22.0. The van der Waals surface area contributed by atoms with Crippen molar-refractivity contribution in [1.29, 1.82) is 0 Å². The largest absolute Gasteiger partial charge is 0.490 e. The molecule has 2 atom stereocenters. The summed E-state index contributed by atoms with van der Waals surface area (Å²) in [4.78, 5) is 32.9. The van der Waals surface area contributed by atoms with Crippen LogP contribution in [0.3, 0.4) is 0 Å². The quantitative estimate of drug-likeness (QED) is 0.221. The topological polar surface area (TPSA) is 71.4 Å². The van der Waals surface area contributed by atoms with Gasteiger partial charge in [-0.05, 0) is 31.4 Å². The highest BCUT2D eigenvalue weighted by Gasteiger charge is 2.70. The van der Waals surface area contributed by atoms with Crippen molar-refractivity contribution in [1.82, 2.24) is 9.80 Å². The van der Waals surface area contributed by atoms with Gasteiger partial charge in [0.1, 0.15) is 5.75 Å². The van der Waals surface area contributed by atoms with E-state index < -0.39 is 63.9 Å². The van der Waals surface area contributed by atoms with E-state index in [2.05, 4.69) is 9.73 Å². The van der Waals surface area contributed by atoms with Crippen molar-refractivity contribution < 1.29 is 41.0 Å². The Morgan fingerprint density at radius 2 is 1.75 bits per heavy atom. The first-order valence-electron chi connectivity index (χ1n) is 14.3. The van der Waals surface area contributed by atoms with E-state index in [1.54, 1.807) is 42.2 Å². The molecule has 2 aliphatic heterocycles. The smallest absolute Gasteiger partial charge is 0.469 e. The lowest BCUT2D eigenvalue weighted by Gasteiger charge is -2.38. The second kappa shape index (κ2) is 12.3.